The number of hydrogen-bond donors (Lipinski definition) is 4. The Hall–Kier alpha value is -1.14. The summed E-state index contributed by atoms with van der Waals surface area (Å²) in [5.74, 6) is -0.861. The second kappa shape index (κ2) is 10.4. The molecule has 4 N–H and O–H groups in total. The quantitative estimate of drug-likeness (QED) is 0.543. The number of carbonyl (C=O) groups is 2. The Labute approximate surface area is 94.5 Å². The van der Waals surface area contributed by atoms with Gasteiger partial charge in [-0.1, -0.05) is 0 Å². The van der Waals surface area contributed by atoms with Crippen LogP contribution in [0.1, 0.15) is 26.7 Å². The van der Waals surface area contributed by atoms with E-state index in [1.54, 1.807) is 0 Å². The molecule has 6 nitrogen and oxygen atoms in total. The number of aliphatic hydroxyl groups is 2. The average Bonchev–Trinajstić information content (AvgIpc) is 2.01. The number of carboxylic acids is 2. The zero-order valence-corrected chi connectivity index (χ0v) is 9.59. The van der Waals surface area contributed by atoms with Gasteiger partial charge < -0.3 is 20.4 Å². The summed E-state index contributed by atoms with van der Waals surface area (Å²) in [4.78, 5) is 18.0. The minimum absolute atomic E-state index is 0.255. The Morgan fingerprint density at radius 3 is 1.19 bits per heavy atom. The van der Waals surface area contributed by atoms with Crippen molar-refractivity contribution < 1.29 is 30.0 Å². The lowest BCUT2D eigenvalue weighted by Gasteiger charge is -2.33. The number of aliphatic carboxylic acids is 2. The molecule has 0 radical (unpaired) electrons. The first-order valence-electron chi connectivity index (χ1n) is 4.95. The summed E-state index contributed by atoms with van der Waals surface area (Å²) in [7, 11) is 0. The van der Waals surface area contributed by atoms with Crippen LogP contribution >= 0.6 is 0 Å². The Morgan fingerprint density at radius 2 is 1.12 bits per heavy atom. The van der Waals surface area contributed by atoms with E-state index in [0.717, 1.165) is 26.7 Å². The summed E-state index contributed by atoms with van der Waals surface area (Å²) >= 11 is 0. The van der Waals surface area contributed by atoms with Gasteiger partial charge in [0, 0.05) is 27.1 Å². The van der Waals surface area contributed by atoms with E-state index < -0.39 is 11.9 Å². The minimum atomic E-state index is -0.833. The summed E-state index contributed by atoms with van der Waals surface area (Å²) in [6, 6.07) is 0. The second-order valence-corrected chi connectivity index (χ2v) is 3.50. The van der Waals surface area contributed by atoms with Crippen molar-refractivity contribution in [3.8, 4) is 0 Å². The first-order chi connectivity index (χ1) is 7.34. The van der Waals surface area contributed by atoms with Gasteiger partial charge in [-0.05, 0) is 24.7 Å². The lowest BCUT2D eigenvalue weighted by Crippen LogP contribution is -2.31. The van der Waals surface area contributed by atoms with Crippen LogP contribution in [0.25, 0.3) is 0 Å². The van der Waals surface area contributed by atoms with Crippen molar-refractivity contribution >= 4 is 11.9 Å². The maximum atomic E-state index is 9.00. The van der Waals surface area contributed by atoms with Crippen molar-refractivity contribution in [1.82, 2.24) is 0 Å². The number of carboxylic acid groups (broad SMARTS) is 2. The van der Waals surface area contributed by atoms with Crippen LogP contribution in [0.2, 0.25) is 0 Å². The van der Waals surface area contributed by atoms with Crippen LogP contribution in [0, 0.1) is 11.8 Å². The molecule has 0 aliphatic heterocycles. The molecule has 2 atom stereocenters. The van der Waals surface area contributed by atoms with Crippen LogP contribution in [-0.2, 0) is 9.59 Å². The molecule has 6 heteroatoms. The van der Waals surface area contributed by atoms with Gasteiger partial charge >= 0.3 is 0 Å². The normalized spacial score (nSPS) is 21.5. The van der Waals surface area contributed by atoms with E-state index in [-0.39, 0.29) is 13.2 Å². The Balaban J connectivity index is 0. The lowest BCUT2D eigenvalue weighted by molar-refractivity contribution is -0.135. The Bertz CT molecular complexity index is 169. The van der Waals surface area contributed by atoms with E-state index in [0.29, 0.717) is 11.8 Å². The molecule has 16 heavy (non-hydrogen) atoms. The number of aliphatic hydroxyl groups excluding tert-OH is 2. The molecular formula is C10H20O6. The summed E-state index contributed by atoms with van der Waals surface area (Å²) in [6.07, 6.45) is 2.20. The molecule has 96 valence electrons. The van der Waals surface area contributed by atoms with Crippen LogP contribution in [0.15, 0.2) is 0 Å². The number of hydrogen-bond acceptors (Lipinski definition) is 4. The first kappa shape index (κ1) is 17.3. The highest BCUT2D eigenvalue weighted by atomic mass is 16.4. The van der Waals surface area contributed by atoms with E-state index in [2.05, 4.69) is 0 Å². The number of rotatable bonds is 2. The van der Waals surface area contributed by atoms with Crippen molar-refractivity contribution in [2.45, 2.75) is 26.7 Å². The van der Waals surface area contributed by atoms with Gasteiger partial charge in [0.15, 0.2) is 0 Å². The summed E-state index contributed by atoms with van der Waals surface area (Å²) in [5.41, 5.74) is 0. The molecule has 0 aromatic heterocycles. The third-order valence-corrected chi connectivity index (χ3v) is 2.04. The zero-order valence-electron chi connectivity index (χ0n) is 9.59. The predicted molar refractivity (Wildman–Crippen MR) is 57.0 cm³/mol. The molecule has 0 heterocycles. The Kier molecular flexibility index (Phi) is 11.2. The third-order valence-electron chi connectivity index (χ3n) is 2.04. The topological polar surface area (TPSA) is 115 Å². The second-order valence-electron chi connectivity index (χ2n) is 3.50. The van der Waals surface area contributed by atoms with Crippen molar-refractivity contribution in [3.63, 3.8) is 0 Å². The standard InChI is InChI=1S/C6H12O2.2C2H4O2/c7-3-5-1-2-6(5)4-8;2*1-2(3)4/h5-8H,1-4H2;2*1H3,(H,3,4)/t5-,6+;;. The largest absolute Gasteiger partial charge is 0.481 e. The Morgan fingerprint density at radius 1 is 0.938 bits per heavy atom. The van der Waals surface area contributed by atoms with Gasteiger partial charge in [0.25, 0.3) is 11.9 Å². The lowest BCUT2D eigenvalue weighted by atomic mass is 9.75. The monoisotopic (exact) mass is 236 g/mol. The fourth-order valence-electron chi connectivity index (χ4n) is 1.12. The van der Waals surface area contributed by atoms with Crippen molar-refractivity contribution in [2.75, 3.05) is 13.2 Å². The molecule has 0 aromatic rings. The predicted octanol–water partition coefficient (Wildman–Crippen LogP) is 0.179. The van der Waals surface area contributed by atoms with Gasteiger partial charge in [-0.15, -0.1) is 0 Å². The van der Waals surface area contributed by atoms with Crippen LogP contribution < -0.4 is 0 Å². The van der Waals surface area contributed by atoms with Crippen molar-refractivity contribution in [1.29, 1.82) is 0 Å². The highest BCUT2D eigenvalue weighted by molar-refractivity contribution is 5.63. The molecule has 1 fully saturated rings. The molecule has 0 aromatic carbocycles. The van der Waals surface area contributed by atoms with Crippen LogP contribution in [0.3, 0.4) is 0 Å². The molecule has 0 spiro atoms. The van der Waals surface area contributed by atoms with E-state index >= 15 is 0 Å². The van der Waals surface area contributed by atoms with E-state index in [1.807, 2.05) is 0 Å². The van der Waals surface area contributed by atoms with Gasteiger partial charge in [0.05, 0.1) is 0 Å². The third kappa shape index (κ3) is 12.9. The van der Waals surface area contributed by atoms with Crippen molar-refractivity contribution in [3.05, 3.63) is 0 Å². The molecule has 0 saturated heterocycles. The fraction of sp³-hybridized carbons (Fsp3) is 0.800. The minimum Gasteiger partial charge on any atom is -0.481 e. The van der Waals surface area contributed by atoms with Crippen LogP contribution in [-0.4, -0.2) is 45.6 Å². The van der Waals surface area contributed by atoms with Crippen LogP contribution in [0.5, 0.6) is 0 Å². The van der Waals surface area contributed by atoms with E-state index in [4.69, 9.17) is 30.0 Å². The van der Waals surface area contributed by atoms with Gasteiger partial charge in [0.2, 0.25) is 0 Å². The SMILES string of the molecule is CC(=O)O.CC(=O)O.OC[C@@H]1CC[C@@H]1CO. The zero-order chi connectivity index (χ0) is 13.1. The molecule has 1 saturated carbocycles. The van der Waals surface area contributed by atoms with Gasteiger partial charge in [-0.2, -0.15) is 0 Å². The van der Waals surface area contributed by atoms with E-state index in [1.165, 1.54) is 0 Å². The van der Waals surface area contributed by atoms with Gasteiger partial charge in [-0.25, -0.2) is 0 Å². The van der Waals surface area contributed by atoms with E-state index in [9.17, 15) is 0 Å². The summed E-state index contributed by atoms with van der Waals surface area (Å²) in [6.45, 7) is 2.68. The highest BCUT2D eigenvalue weighted by Gasteiger charge is 2.28. The van der Waals surface area contributed by atoms with Crippen LogP contribution in [0.4, 0.5) is 0 Å². The molecule has 1 aliphatic rings. The van der Waals surface area contributed by atoms with Gasteiger partial charge in [-0.3, -0.25) is 9.59 Å². The maximum absolute atomic E-state index is 9.00. The average molecular weight is 236 g/mol. The molecule has 1 aliphatic carbocycles. The van der Waals surface area contributed by atoms with Crippen molar-refractivity contribution in [2.24, 2.45) is 11.8 Å². The molecule has 0 bridgehead atoms. The summed E-state index contributed by atoms with van der Waals surface area (Å²) in [5, 5.41) is 32.0. The fourth-order valence-corrected chi connectivity index (χ4v) is 1.12. The molecule has 0 amide bonds. The molecule has 1 rings (SSSR count). The maximum Gasteiger partial charge on any atom is 0.300 e. The van der Waals surface area contributed by atoms with Gasteiger partial charge in [0.1, 0.15) is 0 Å². The summed E-state index contributed by atoms with van der Waals surface area (Å²) < 4.78 is 0. The molecule has 0 unspecified atom stereocenters. The highest BCUT2D eigenvalue weighted by Crippen LogP contribution is 2.32. The first-order valence-corrected chi connectivity index (χ1v) is 4.95. The molecular weight excluding hydrogens is 216 g/mol. The smallest absolute Gasteiger partial charge is 0.300 e.